The molecule has 0 spiro atoms. The lowest BCUT2D eigenvalue weighted by Gasteiger charge is -2.04. The van der Waals surface area contributed by atoms with Gasteiger partial charge in [0.05, 0.1) is 11.3 Å². The van der Waals surface area contributed by atoms with Crippen molar-refractivity contribution >= 4 is 55.8 Å². The third kappa shape index (κ3) is 3.49. The Balaban J connectivity index is 1.49. The molecule has 0 aliphatic carbocycles. The highest BCUT2D eigenvalue weighted by atomic mass is 79.9. The van der Waals surface area contributed by atoms with Crippen molar-refractivity contribution in [2.24, 2.45) is 0 Å². The number of amides is 1. The summed E-state index contributed by atoms with van der Waals surface area (Å²) in [5, 5.41) is 8.70. The quantitative estimate of drug-likeness (QED) is 0.515. The van der Waals surface area contributed by atoms with Gasteiger partial charge in [-0.05, 0) is 30.3 Å². The smallest absolute Gasteiger partial charge is 0.234 e. The van der Waals surface area contributed by atoms with Gasteiger partial charge in [0.2, 0.25) is 11.1 Å². The molecule has 0 fully saturated rings. The van der Waals surface area contributed by atoms with Gasteiger partial charge in [0, 0.05) is 15.5 Å². The molecule has 124 valence electrons. The van der Waals surface area contributed by atoms with Crippen LogP contribution in [0.2, 0.25) is 0 Å². The van der Waals surface area contributed by atoms with E-state index in [2.05, 4.69) is 36.3 Å². The van der Waals surface area contributed by atoms with Crippen LogP contribution in [0.1, 0.15) is 0 Å². The molecule has 0 unspecified atom stereocenters. The Morgan fingerprint density at radius 2 is 2.08 bits per heavy atom. The van der Waals surface area contributed by atoms with Crippen LogP contribution in [0.3, 0.4) is 0 Å². The van der Waals surface area contributed by atoms with Crippen LogP contribution in [0, 0.1) is 0 Å². The number of nitrogens with zero attached hydrogens (tertiary/aromatic N) is 4. The normalized spacial score (nSPS) is 11.1. The van der Waals surface area contributed by atoms with Crippen LogP contribution in [-0.4, -0.2) is 31.2 Å². The third-order valence-corrected chi connectivity index (χ3v) is 4.83. The Morgan fingerprint density at radius 3 is 2.96 bits per heavy atom. The largest absolute Gasteiger partial charge is 0.325 e. The molecule has 0 aliphatic rings. The predicted molar refractivity (Wildman–Crippen MR) is 102 cm³/mol. The highest BCUT2D eigenvalue weighted by Crippen LogP contribution is 2.21. The molecule has 1 amide bonds. The van der Waals surface area contributed by atoms with Crippen LogP contribution in [-0.2, 0) is 4.79 Å². The first-order chi connectivity index (χ1) is 12.2. The lowest BCUT2D eigenvalue weighted by Crippen LogP contribution is -2.14. The van der Waals surface area contributed by atoms with Crippen molar-refractivity contribution < 1.29 is 4.79 Å². The molecule has 0 saturated carbocycles. The van der Waals surface area contributed by atoms with Crippen LogP contribution in [0.4, 0.5) is 5.69 Å². The van der Waals surface area contributed by atoms with Gasteiger partial charge in [-0.25, -0.2) is 14.5 Å². The maximum absolute atomic E-state index is 12.1. The Hall–Kier alpha value is -2.45. The maximum atomic E-state index is 12.1. The van der Waals surface area contributed by atoms with Gasteiger partial charge in [-0.2, -0.15) is 0 Å². The zero-order valence-corrected chi connectivity index (χ0v) is 15.3. The van der Waals surface area contributed by atoms with Crippen molar-refractivity contribution in [2.45, 2.75) is 5.16 Å². The van der Waals surface area contributed by atoms with Crippen molar-refractivity contribution in [3.8, 4) is 0 Å². The van der Waals surface area contributed by atoms with Crippen molar-refractivity contribution in [1.29, 1.82) is 0 Å². The van der Waals surface area contributed by atoms with Gasteiger partial charge in [0.1, 0.15) is 6.33 Å². The number of para-hydroxylation sites is 1. The van der Waals surface area contributed by atoms with Crippen LogP contribution in [0.25, 0.3) is 16.6 Å². The highest BCUT2D eigenvalue weighted by Gasteiger charge is 2.11. The van der Waals surface area contributed by atoms with Crippen molar-refractivity contribution in [3.63, 3.8) is 0 Å². The number of halogens is 1. The number of rotatable bonds is 4. The number of thioether (sulfide) groups is 1. The standard InChI is InChI=1S/C17H12BrN5OS/c18-11-4-3-5-12(8-11)20-15(24)9-25-17-21-16-13-6-1-2-7-14(13)19-10-23(16)22-17/h1-8,10H,9H2,(H,20,24). The van der Waals surface area contributed by atoms with Crippen molar-refractivity contribution in [3.05, 3.63) is 59.3 Å². The molecule has 0 atom stereocenters. The summed E-state index contributed by atoms with van der Waals surface area (Å²) in [7, 11) is 0. The van der Waals surface area contributed by atoms with Gasteiger partial charge in [-0.3, -0.25) is 4.79 Å². The fourth-order valence-electron chi connectivity index (χ4n) is 2.41. The number of fused-ring (bicyclic) bond motifs is 3. The zero-order valence-electron chi connectivity index (χ0n) is 12.9. The fraction of sp³-hybridized carbons (Fsp3) is 0.0588. The summed E-state index contributed by atoms with van der Waals surface area (Å²) in [6, 6.07) is 15.2. The second kappa shape index (κ2) is 6.81. The predicted octanol–water partition coefficient (Wildman–Crippen LogP) is 3.77. The number of carbonyl (C=O) groups excluding carboxylic acids is 1. The number of nitrogens with one attached hydrogen (secondary N) is 1. The first-order valence-corrected chi connectivity index (χ1v) is 9.25. The Labute approximate surface area is 155 Å². The molecule has 0 radical (unpaired) electrons. The third-order valence-electron chi connectivity index (χ3n) is 3.50. The SMILES string of the molecule is O=C(CSc1nc2c3ccccc3ncn2n1)Nc1cccc(Br)c1. The minimum Gasteiger partial charge on any atom is -0.325 e. The molecule has 25 heavy (non-hydrogen) atoms. The fourth-order valence-corrected chi connectivity index (χ4v) is 3.44. The number of anilines is 1. The van der Waals surface area contributed by atoms with Crippen LogP contribution < -0.4 is 5.32 Å². The molecular formula is C17H12BrN5OS. The van der Waals surface area contributed by atoms with E-state index in [9.17, 15) is 4.79 Å². The van der Waals surface area contributed by atoms with Gasteiger partial charge >= 0.3 is 0 Å². The summed E-state index contributed by atoms with van der Waals surface area (Å²) in [4.78, 5) is 21.0. The van der Waals surface area contributed by atoms with Gasteiger partial charge < -0.3 is 5.32 Å². The summed E-state index contributed by atoms with van der Waals surface area (Å²) < 4.78 is 2.55. The van der Waals surface area contributed by atoms with Crippen LogP contribution in [0.5, 0.6) is 0 Å². The summed E-state index contributed by atoms with van der Waals surface area (Å²) in [6.45, 7) is 0. The first-order valence-electron chi connectivity index (χ1n) is 7.47. The average molecular weight is 414 g/mol. The molecule has 8 heteroatoms. The van der Waals surface area contributed by atoms with E-state index in [0.29, 0.717) is 5.16 Å². The van der Waals surface area contributed by atoms with E-state index in [0.717, 1.165) is 26.7 Å². The van der Waals surface area contributed by atoms with Gasteiger partial charge in [0.15, 0.2) is 5.65 Å². The molecule has 1 N–H and O–H groups in total. The van der Waals surface area contributed by atoms with Crippen LogP contribution in [0.15, 0.2) is 64.5 Å². The van der Waals surface area contributed by atoms with E-state index in [1.165, 1.54) is 11.8 Å². The topological polar surface area (TPSA) is 72.2 Å². The van der Waals surface area contributed by atoms with E-state index >= 15 is 0 Å². The van der Waals surface area contributed by atoms with E-state index < -0.39 is 0 Å². The Bertz CT molecular complexity index is 1080. The van der Waals surface area contributed by atoms with Gasteiger partial charge in [-0.15, -0.1) is 5.10 Å². The van der Waals surface area contributed by atoms with Crippen molar-refractivity contribution in [2.75, 3.05) is 11.1 Å². The molecule has 4 aromatic rings. The minimum absolute atomic E-state index is 0.107. The number of hydrogen-bond acceptors (Lipinski definition) is 5. The number of benzene rings is 2. The molecule has 0 aliphatic heterocycles. The molecular weight excluding hydrogens is 402 g/mol. The Morgan fingerprint density at radius 1 is 1.20 bits per heavy atom. The number of aromatic nitrogens is 4. The summed E-state index contributed by atoms with van der Waals surface area (Å²) >= 11 is 4.67. The first kappa shape index (κ1) is 16.0. The maximum Gasteiger partial charge on any atom is 0.234 e. The van der Waals surface area contributed by atoms with Gasteiger partial charge in [-0.1, -0.05) is 45.9 Å². The summed E-state index contributed by atoms with van der Waals surface area (Å²) in [6.07, 6.45) is 1.64. The average Bonchev–Trinajstić information content (AvgIpc) is 3.04. The van der Waals surface area contributed by atoms with Crippen molar-refractivity contribution in [1.82, 2.24) is 19.6 Å². The van der Waals surface area contributed by atoms with Crippen LogP contribution >= 0.6 is 27.7 Å². The molecule has 4 rings (SSSR count). The summed E-state index contributed by atoms with van der Waals surface area (Å²) in [5.41, 5.74) is 2.35. The molecule has 0 saturated heterocycles. The lowest BCUT2D eigenvalue weighted by atomic mass is 10.2. The Kier molecular flexibility index (Phi) is 4.37. The molecule has 2 heterocycles. The van der Waals surface area contributed by atoms with E-state index in [1.807, 2.05) is 48.5 Å². The number of hydrogen-bond donors (Lipinski definition) is 1. The van der Waals surface area contributed by atoms with E-state index in [-0.39, 0.29) is 11.7 Å². The number of carbonyl (C=O) groups is 1. The lowest BCUT2D eigenvalue weighted by molar-refractivity contribution is -0.113. The minimum atomic E-state index is -0.107. The van der Waals surface area contributed by atoms with E-state index in [1.54, 1.807) is 10.8 Å². The zero-order chi connectivity index (χ0) is 17.2. The molecule has 2 aromatic heterocycles. The molecule has 6 nitrogen and oxygen atoms in total. The second-order valence-electron chi connectivity index (χ2n) is 5.27. The molecule has 2 aromatic carbocycles. The molecule has 0 bridgehead atoms. The summed E-state index contributed by atoms with van der Waals surface area (Å²) in [5.74, 6) is 0.124. The van der Waals surface area contributed by atoms with E-state index in [4.69, 9.17) is 0 Å². The van der Waals surface area contributed by atoms with Gasteiger partial charge in [0.25, 0.3) is 0 Å². The monoisotopic (exact) mass is 413 g/mol. The highest BCUT2D eigenvalue weighted by molar-refractivity contribution is 9.10. The second-order valence-corrected chi connectivity index (χ2v) is 7.13.